The number of carbonyl (C=O) groups is 1. The van der Waals surface area contributed by atoms with Crippen molar-refractivity contribution in [2.75, 3.05) is 17.6 Å². The zero-order valence-electron chi connectivity index (χ0n) is 24.8. The van der Waals surface area contributed by atoms with Gasteiger partial charge in [-0.3, -0.25) is 0 Å². The second-order valence-corrected chi connectivity index (χ2v) is 13.1. The van der Waals surface area contributed by atoms with Crippen molar-refractivity contribution in [1.82, 2.24) is 4.90 Å². The highest BCUT2D eigenvalue weighted by atomic mass is 79.9. The Kier molecular flexibility index (Phi) is 7.98. The van der Waals surface area contributed by atoms with Gasteiger partial charge in [0.15, 0.2) is 0 Å². The van der Waals surface area contributed by atoms with Gasteiger partial charge in [-0.15, -0.1) is 0 Å². The number of amides is 1. The van der Waals surface area contributed by atoms with Crippen LogP contribution in [-0.4, -0.2) is 23.6 Å². The number of anilines is 3. The van der Waals surface area contributed by atoms with E-state index in [1.54, 1.807) is 0 Å². The van der Waals surface area contributed by atoms with E-state index in [9.17, 15) is 4.79 Å². The number of likely N-dealkylation sites (tertiary alicyclic amines) is 1. The predicted octanol–water partition coefficient (Wildman–Crippen LogP) is 8.75. The minimum atomic E-state index is -0.212. The maximum Gasteiger partial charge on any atom is 0.410 e. The van der Waals surface area contributed by atoms with Crippen LogP contribution in [0.3, 0.4) is 0 Å². The van der Waals surface area contributed by atoms with Crippen molar-refractivity contribution in [3.8, 4) is 5.75 Å². The van der Waals surface area contributed by atoms with Crippen molar-refractivity contribution in [1.29, 1.82) is 0 Å². The third kappa shape index (κ3) is 5.32. The summed E-state index contributed by atoms with van der Waals surface area (Å²) in [4.78, 5) is 15.6. The first kappa shape index (κ1) is 28.8. The smallest absolute Gasteiger partial charge is 0.410 e. The fraction of sp³-hybridized carbons (Fsp3) is 0.324. The number of hydrogen-bond acceptors (Lipinski definition) is 5. The minimum Gasteiger partial charge on any atom is -0.487 e. The second-order valence-electron chi connectivity index (χ2n) is 12.3. The van der Waals surface area contributed by atoms with E-state index in [0.717, 1.165) is 58.4 Å². The molecule has 3 aliphatic rings. The van der Waals surface area contributed by atoms with Crippen molar-refractivity contribution in [2.45, 2.75) is 63.2 Å². The van der Waals surface area contributed by atoms with Crippen LogP contribution < -0.4 is 15.8 Å². The summed E-state index contributed by atoms with van der Waals surface area (Å²) < 4.78 is 13.5. The maximum absolute atomic E-state index is 13.6. The molecule has 2 aliphatic carbocycles. The number of carbonyl (C=O) groups excluding carboxylic acids is 1. The van der Waals surface area contributed by atoms with Crippen LogP contribution in [0.15, 0.2) is 95.5 Å². The third-order valence-corrected chi connectivity index (χ3v) is 10.8. The lowest BCUT2D eigenvalue weighted by Gasteiger charge is -2.58. The van der Waals surface area contributed by atoms with Crippen molar-refractivity contribution in [3.05, 3.63) is 118 Å². The number of hydrogen-bond donors (Lipinski definition) is 2. The van der Waals surface area contributed by atoms with Gasteiger partial charge >= 0.3 is 6.09 Å². The van der Waals surface area contributed by atoms with E-state index in [0.29, 0.717) is 24.8 Å². The molecule has 1 saturated carbocycles. The van der Waals surface area contributed by atoms with Gasteiger partial charge in [0.2, 0.25) is 0 Å². The Morgan fingerprint density at radius 3 is 2.39 bits per heavy atom. The van der Waals surface area contributed by atoms with Crippen molar-refractivity contribution >= 4 is 39.1 Å². The Bertz CT molecular complexity index is 1650. The van der Waals surface area contributed by atoms with Crippen molar-refractivity contribution < 1.29 is 14.3 Å². The number of benzene rings is 4. The van der Waals surface area contributed by atoms with Crippen LogP contribution in [0.5, 0.6) is 5.75 Å². The van der Waals surface area contributed by atoms with E-state index in [2.05, 4.69) is 39.4 Å². The normalized spacial score (nSPS) is 22.0. The molecule has 2 bridgehead atoms. The first-order chi connectivity index (χ1) is 21.5. The van der Waals surface area contributed by atoms with E-state index in [-0.39, 0.29) is 24.2 Å². The molecule has 0 radical (unpaired) electrons. The average molecular weight is 653 g/mol. The highest BCUT2D eigenvalue weighted by molar-refractivity contribution is 9.10. The molecule has 7 rings (SSSR count). The molecule has 0 spiro atoms. The third-order valence-electron chi connectivity index (χ3n) is 9.94. The fourth-order valence-corrected chi connectivity index (χ4v) is 8.49. The molecule has 4 aromatic carbocycles. The SMILES string of the molecule is Nc1ccccc1Nc1c(OCc2ccccc2)cc2c(c1Br)C[C@H]1C3CCCC[C@@]23CCN1C(=O)OCc1ccccc1. The number of ether oxygens (including phenoxy) is 2. The van der Waals surface area contributed by atoms with Gasteiger partial charge in [0.05, 0.1) is 17.1 Å². The molecule has 2 fully saturated rings. The molecular weight excluding hydrogens is 614 g/mol. The Balaban J connectivity index is 1.26. The van der Waals surface area contributed by atoms with Crippen molar-refractivity contribution in [2.24, 2.45) is 5.92 Å². The maximum atomic E-state index is 13.6. The summed E-state index contributed by atoms with van der Waals surface area (Å²) in [5, 5.41) is 3.60. The molecule has 7 heteroatoms. The highest BCUT2D eigenvalue weighted by Gasteiger charge is 2.56. The van der Waals surface area contributed by atoms with Gasteiger partial charge in [0.1, 0.15) is 19.0 Å². The van der Waals surface area contributed by atoms with Gasteiger partial charge in [-0.1, -0.05) is 85.6 Å². The van der Waals surface area contributed by atoms with Crippen LogP contribution in [0, 0.1) is 5.92 Å². The van der Waals surface area contributed by atoms with Gasteiger partial charge in [0, 0.05) is 22.5 Å². The zero-order valence-corrected chi connectivity index (χ0v) is 26.4. The van der Waals surface area contributed by atoms with E-state index in [4.69, 9.17) is 15.2 Å². The Hall–Kier alpha value is -3.97. The molecule has 3 N–H and O–H groups in total. The predicted molar refractivity (Wildman–Crippen MR) is 178 cm³/mol. The zero-order chi connectivity index (χ0) is 30.1. The topological polar surface area (TPSA) is 76.8 Å². The Morgan fingerprint density at radius 1 is 0.932 bits per heavy atom. The number of rotatable bonds is 7. The lowest BCUT2D eigenvalue weighted by Crippen LogP contribution is -2.62. The standard InChI is InChI=1S/C37H38BrN3O3/c38-34-27-21-32-28-15-9-10-18-37(28,19-20-41(32)36(42)44-24-26-13-5-2-6-14-26)29(27)22-33(43-23-25-11-3-1-4-12-25)35(34)40-31-17-8-7-16-30(31)39/h1-8,11-14,16-17,22,28,32,40H,9-10,15,18-21,23-24,39H2/t28?,32-,37-/m0/s1. The Labute approximate surface area is 267 Å². The Morgan fingerprint density at radius 2 is 1.64 bits per heavy atom. The summed E-state index contributed by atoms with van der Waals surface area (Å²) in [6.07, 6.45) is 6.10. The second kappa shape index (κ2) is 12.2. The molecule has 1 saturated heterocycles. The summed E-state index contributed by atoms with van der Waals surface area (Å²) in [7, 11) is 0. The number of halogens is 1. The van der Waals surface area contributed by atoms with Crippen LogP contribution in [-0.2, 0) is 29.8 Å². The molecule has 226 valence electrons. The van der Waals surface area contributed by atoms with Crippen LogP contribution in [0.2, 0.25) is 0 Å². The summed E-state index contributed by atoms with van der Waals surface area (Å²) in [5.74, 6) is 1.20. The molecule has 1 unspecified atom stereocenters. The molecular formula is C37H38BrN3O3. The van der Waals surface area contributed by atoms with Crippen LogP contribution in [0.1, 0.15) is 54.4 Å². The average Bonchev–Trinajstić information content (AvgIpc) is 3.06. The van der Waals surface area contributed by atoms with E-state index in [1.807, 2.05) is 77.7 Å². The molecule has 1 aliphatic heterocycles. The summed E-state index contributed by atoms with van der Waals surface area (Å²) in [5.41, 5.74) is 13.5. The summed E-state index contributed by atoms with van der Waals surface area (Å²) in [6.45, 7) is 1.45. The molecule has 1 heterocycles. The molecule has 1 amide bonds. The van der Waals surface area contributed by atoms with Crippen LogP contribution >= 0.6 is 15.9 Å². The first-order valence-corrected chi connectivity index (χ1v) is 16.4. The largest absolute Gasteiger partial charge is 0.487 e. The van der Waals surface area contributed by atoms with Gasteiger partial charge < -0.3 is 25.4 Å². The van der Waals surface area contributed by atoms with Gasteiger partial charge in [0.25, 0.3) is 0 Å². The lowest BCUT2D eigenvalue weighted by atomic mass is 9.52. The van der Waals surface area contributed by atoms with Gasteiger partial charge in [-0.05, 0) is 88.0 Å². The van der Waals surface area contributed by atoms with Crippen LogP contribution in [0.4, 0.5) is 21.9 Å². The molecule has 3 atom stereocenters. The number of fused-ring (bicyclic) bond motifs is 1. The molecule has 6 nitrogen and oxygen atoms in total. The number of piperidine rings is 1. The minimum absolute atomic E-state index is 0.00436. The first-order valence-electron chi connectivity index (χ1n) is 15.6. The van der Waals surface area contributed by atoms with Gasteiger partial charge in [-0.2, -0.15) is 0 Å². The number of nitrogens with one attached hydrogen (secondary N) is 1. The van der Waals surface area contributed by atoms with E-state index in [1.165, 1.54) is 24.0 Å². The summed E-state index contributed by atoms with van der Waals surface area (Å²) >= 11 is 4.05. The molecule has 4 aromatic rings. The fourth-order valence-electron chi connectivity index (χ4n) is 7.82. The number of nitrogen functional groups attached to an aromatic ring is 1. The van der Waals surface area contributed by atoms with Gasteiger partial charge in [-0.25, -0.2) is 4.79 Å². The van der Waals surface area contributed by atoms with E-state index < -0.39 is 0 Å². The van der Waals surface area contributed by atoms with Crippen LogP contribution in [0.25, 0.3) is 0 Å². The highest BCUT2D eigenvalue weighted by Crippen LogP contribution is 2.59. The quantitative estimate of drug-likeness (QED) is 0.195. The number of nitrogens with zero attached hydrogens (tertiary/aromatic N) is 1. The van der Waals surface area contributed by atoms with E-state index >= 15 is 0 Å². The molecule has 44 heavy (non-hydrogen) atoms. The number of para-hydroxylation sites is 2. The van der Waals surface area contributed by atoms with Crippen molar-refractivity contribution in [3.63, 3.8) is 0 Å². The lowest BCUT2D eigenvalue weighted by molar-refractivity contribution is -0.0138. The molecule has 0 aromatic heterocycles. The summed E-state index contributed by atoms with van der Waals surface area (Å²) in [6, 6.07) is 30.4. The number of nitrogens with two attached hydrogens (primary N) is 1. The monoisotopic (exact) mass is 651 g/mol.